The second-order valence-electron chi connectivity index (χ2n) is 4.87. The molecule has 2 N–H and O–H groups in total. The molecule has 3 aromatic carbocycles. The van der Waals surface area contributed by atoms with Gasteiger partial charge in [0.05, 0.1) is 4.92 Å². The number of hydrogen-bond donors (Lipinski definition) is 2. The van der Waals surface area contributed by atoms with Crippen LogP contribution in [0.4, 0.5) is 5.69 Å². The summed E-state index contributed by atoms with van der Waals surface area (Å²) in [6, 6.07) is 9.59. The first-order valence-electron chi connectivity index (χ1n) is 6.49. The maximum Gasteiger partial charge on any atom is 0.269 e. The molecule has 0 aliphatic rings. The highest BCUT2D eigenvalue weighted by atomic mass is 35.5. The second-order valence-corrected chi connectivity index (χ2v) is 5.25. The molecule has 0 aliphatic heterocycles. The summed E-state index contributed by atoms with van der Waals surface area (Å²) >= 11 is 6.07. The SMILES string of the molecule is O=[N+]([O-])c1ccc(-c2c(Cl)c([O-])c3c(O)cccc3c2O)cc1. The predicted octanol–water partition coefficient (Wildman–Crippen LogP) is 3.55. The summed E-state index contributed by atoms with van der Waals surface area (Å²) < 4.78 is 0. The lowest BCUT2D eigenvalue weighted by Gasteiger charge is -2.20. The van der Waals surface area contributed by atoms with E-state index in [1.807, 2.05) is 0 Å². The zero-order valence-electron chi connectivity index (χ0n) is 11.5. The van der Waals surface area contributed by atoms with Gasteiger partial charge in [0.1, 0.15) is 11.5 Å². The number of phenolic OH excluding ortho intramolecular Hbond substituents is 2. The van der Waals surface area contributed by atoms with Crippen LogP contribution in [-0.2, 0) is 0 Å². The molecular formula is C16H9ClNO5-. The van der Waals surface area contributed by atoms with Gasteiger partial charge in [-0.25, -0.2) is 0 Å². The quantitative estimate of drug-likeness (QED) is 0.552. The lowest BCUT2D eigenvalue weighted by atomic mass is 9.98. The van der Waals surface area contributed by atoms with Gasteiger partial charge in [0.25, 0.3) is 5.69 Å². The van der Waals surface area contributed by atoms with Crippen molar-refractivity contribution in [3.05, 3.63) is 57.6 Å². The van der Waals surface area contributed by atoms with E-state index >= 15 is 0 Å². The van der Waals surface area contributed by atoms with Crippen LogP contribution in [0.5, 0.6) is 17.2 Å². The first kappa shape index (κ1) is 14.9. The maximum atomic E-state index is 12.4. The molecule has 0 radical (unpaired) electrons. The number of aromatic hydroxyl groups is 2. The number of hydrogen-bond acceptors (Lipinski definition) is 5. The molecule has 23 heavy (non-hydrogen) atoms. The third-order valence-corrected chi connectivity index (χ3v) is 3.91. The minimum Gasteiger partial charge on any atom is -0.871 e. The number of halogens is 1. The zero-order chi connectivity index (χ0) is 16.7. The van der Waals surface area contributed by atoms with Gasteiger partial charge < -0.3 is 15.3 Å². The van der Waals surface area contributed by atoms with E-state index < -0.39 is 10.7 Å². The van der Waals surface area contributed by atoms with Crippen molar-refractivity contribution >= 4 is 28.1 Å². The van der Waals surface area contributed by atoms with Crippen molar-refractivity contribution in [2.24, 2.45) is 0 Å². The molecule has 0 aliphatic carbocycles. The van der Waals surface area contributed by atoms with Crippen molar-refractivity contribution in [1.82, 2.24) is 0 Å². The van der Waals surface area contributed by atoms with Crippen LogP contribution in [-0.4, -0.2) is 15.1 Å². The second kappa shape index (κ2) is 5.33. The molecule has 0 bridgehead atoms. The van der Waals surface area contributed by atoms with Crippen LogP contribution in [0.2, 0.25) is 5.02 Å². The van der Waals surface area contributed by atoms with E-state index in [4.69, 9.17) is 11.6 Å². The topological polar surface area (TPSA) is 107 Å². The lowest BCUT2D eigenvalue weighted by Crippen LogP contribution is -1.96. The van der Waals surface area contributed by atoms with Gasteiger partial charge in [-0.3, -0.25) is 10.1 Å². The Morgan fingerprint density at radius 1 is 1.04 bits per heavy atom. The molecular weight excluding hydrogens is 322 g/mol. The van der Waals surface area contributed by atoms with Gasteiger partial charge in [0.2, 0.25) is 0 Å². The van der Waals surface area contributed by atoms with Crippen LogP contribution in [0.3, 0.4) is 0 Å². The van der Waals surface area contributed by atoms with Gasteiger partial charge in [-0.05, 0) is 23.8 Å². The van der Waals surface area contributed by atoms with Crippen molar-refractivity contribution in [1.29, 1.82) is 0 Å². The fourth-order valence-corrected chi connectivity index (χ4v) is 2.74. The van der Waals surface area contributed by atoms with E-state index in [1.54, 1.807) is 0 Å². The van der Waals surface area contributed by atoms with E-state index in [0.29, 0.717) is 5.56 Å². The summed E-state index contributed by atoms with van der Waals surface area (Å²) in [5.41, 5.74) is 0.315. The number of nitro benzene ring substituents is 1. The molecule has 3 aromatic rings. The van der Waals surface area contributed by atoms with Crippen molar-refractivity contribution in [3.63, 3.8) is 0 Å². The van der Waals surface area contributed by atoms with E-state index in [0.717, 1.165) is 0 Å². The number of rotatable bonds is 2. The fourth-order valence-electron chi connectivity index (χ4n) is 2.45. The highest BCUT2D eigenvalue weighted by Crippen LogP contribution is 2.48. The molecule has 116 valence electrons. The van der Waals surface area contributed by atoms with Crippen LogP contribution < -0.4 is 5.11 Å². The Morgan fingerprint density at radius 2 is 1.70 bits per heavy atom. The van der Waals surface area contributed by atoms with E-state index in [2.05, 4.69) is 0 Å². The first-order chi connectivity index (χ1) is 10.9. The number of benzene rings is 3. The molecule has 7 heteroatoms. The van der Waals surface area contributed by atoms with Crippen LogP contribution in [0.25, 0.3) is 21.9 Å². The molecule has 0 fully saturated rings. The lowest BCUT2D eigenvalue weighted by molar-refractivity contribution is -0.384. The monoisotopic (exact) mass is 330 g/mol. The molecule has 0 saturated carbocycles. The number of non-ortho nitro benzene ring substituents is 1. The normalized spacial score (nSPS) is 10.8. The maximum absolute atomic E-state index is 12.4. The smallest absolute Gasteiger partial charge is 0.269 e. The summed E-state index contributed by atoms with van der Waals surface area (Å²) in [6.07, 6.45) is 0. The molecule has 0 spiro atoms. The Kier molecular flexibility index (Phi) is 3.46. The third kappa shape index (κ3) is 2.29. The van der Waals surface area contributed by atoms with Crippen LogP contribution in [0, 0.1) is 10.1 Å². The standard InChI is InChI=1S/C16H10ClNO5/c17-14-12(8-4-6-9(7-5-8)18(22)23)15(20)10-2-1-3-11(19)13(10)16(14)21/h1-7,19-21H/p-1. The van der Waals surface area contributed by atoms with Gasteiger partial charge >= 0.3 is 0 Å². The summed E-state index contributed by atoms with van der Waals surface area (Å²) in [5.74, 6) is -1.17. The van der Waals surface area contributed by atoms with E-state index in [1.165, 1.54) is 42.5 Å². The number of fused-ring (bicyclic) bond motifs is 1. The Bertz CT molecular complexity index is 938. The van der Waals surface area contributed by atoms with Crippen LogP contribution in [0.15, 0.2) is 42.5 Å². The Hall–Kier alpha value is -2.99. The molecule has 0 aromatic heterocycles. The van der Waals surface area contributed by atoms with Crippen molar-refractivity contribution in [2.45, 2.75) is 0 Å². The molecule has 6 nitrogen and oxygen atoms in total. The molecule has 0 amide bonds. The van der Waals surface area contributed by atoms with Gasteiger partial charge in [0.15, 0.2) is 0 Å². The van der Waals surface area contributed by atoms with E-state index in [9.17, 15) is 25.4 Å². The zero-order valence-corrected chi connectivity index (χ0v) is 12.2. The number of phenols is 2. The van der Waals surface area contributed by atoms with Gasteiger partial charge in [0, 0.05) is 33.5 Å². The molecule has 0 saturated heterocycles. The summed E-state index contributed by atoms with van der Waals surface area (Å²) in [4.78, 5) is 10.1. The summed E-state index contributed by atoms with van der Waals surface area (Å²) in [6.45, 7) is 0. The average Bonchev–Trinajstić information content (AvgIpc) is 2.53. The van der Waals surface area contributed by atoms with Crippen LogP contribution in [0.1, 0.15) is 0 Å². The molecule has 0 heterocycles. The van der Waals surface area contributed by atoms with Gasteiger partial charge in [-0.15, -0.1) is 0 Å². The summed E-state index contributed by atoms with van der Waals surface area (Å²) in [5, 5.41) is 43.2. The molecule has 0 atom stereocenters. The van der Waals surface area contributed by atoms with Gasteiger partial charge in [-0.2, -0.15) is 0 Å². The Balaban J connectivity index is 2.32. The van der Waals surface area contributed by atoms with Crippen molar-refractivity contribution in [2.75, 3.05) is 0 Å². The van der Waals surface area contributed by atoms with Crippen molar-refractivity contribution < 1.29 is 20.2 Å². The third-order valence-electron chi connectivity index (χ3n) is 3.55. The number of nitro groups is 1. The number of nitrogens with zero attached hydrogens (tertiary/aromatic N) is 1. The minimum absolute atomic E-state index is 0.0688. The molecule has 0 unspecified atom stereocenters. The predicted molar refractivity (Wildman–Crippen MR) is 83.8 cm³/mol. The highest BCUT2D eigenvalue weighted by Gasteiger charge is 2.17. The highest BCUT2D eigenvalue weighted by molar-refractivity contribution is 6.37. The summed E-state index contributed by atoms with van der Waals surface area (Å²) in [7, 11) is 0. The minimum atomic E-state index is -0.620. The van der Waals surface area contributed by atoms with Crippen molar-refractivity contribution in [3.8, 4) is 28.4 Å². The van der Waals surface area contributed by atoms with E-state index in [-0.39, 0.29) is 38.5 Å². The van der Waals surface area contributed by atoms with Gasteiger partial charge in [-0.1, -0.05) is 29.5 Å². The molecule has 3 rings (SSSR count). The first-order valence-corrected chi connectivity index (χ1v) is 6.87. The van der Waals surface area contributed by atoms with Crippen LogP contribution >= 0.6 is 11.6 Å². The largest absolute Gasteiger partial charge is 0.871 e. The Labute approximate surface area is 135 Å². The Morgan fingerprint density at radius 3 is 2.30 bits per heavy atom. The fraction of sp³-hybridized carbons (Fsp3) is 0. The average molecular weight is 331 g/mol.